The van der Waals surface area contributed by atoms with E-state index in [1.807, 2.05) is 0 Å². The number of hydrogen-bond acceptors (Lipinski definition) is 4. The molecule has 1 aliphatic heterocycles. The normalized spacial score (nSPS) is 26.4. The molecule has 3 unspecified atom stereocenters. The first-order chi connectivity index (χ1) is 9.86. The van der Waals surface area contributed by atoms with Crippen molar-refractivity contribution in [1.82, 2.24) is 0 Å². The van der Waals surface area contributed by atoms with Crippen molar-refractivity contribution < 1.29 is 22.9 Å². The fraction of sp³-hybridized carbons (Fsp3) is 0.462. The predicted octanol–water partition coefficient (Wildman–Crippen LogP) is 2.43. The van der Waals surface area contributed by atoms with Crippen molar-refractivity contribution in [3.05, 3.63) is 40.4 Å². The maximum absolute atomic E-state index is 13.3. The summed E-state index contributed by atoms with van der Waals surface area (Å²) >= 11 is 0. The number of carbonyl (C=O) groups is 1. The number of hydrogen-bond donors (Lipinski definition) is 0. The van der Waals surface area contributed by atoms with E-state index in [0.717, 1.165) is 4.90 Å². The smallest absolute Gasteiger partial charge is 0.344 e. The molecule has 0 amide bonds. The van der Waals surface area contributed by atoms with Crippen molar-refractivity contribution in [1.29, 1.82) is 0 Å². The molecule has 1 aromatic carbocycles. The number of alkyl halides is 3. The van der Waals surface area contributed by atoms with Crippen molar-refractivity contribution >= 4 is 12.0 Å². The maximum Gasteiger partial charge on any atom is 0.415 e. The molecule has 1 aliphatic rings. The van der Waals surface area contributed by atoms with Crippen LogP contribution in [0.5, 0.6) is 0 Å². The predicted molar refractivity (Wildman–Crippen MR) is 68.6 cm³/mol. The first-order valence-electron chi connectivity index (χ1n) is 6.35. The van der Waals surface area contributed by atoms with Gasteiger partial charge in [0.05, 0.1) is 6.04 Å². The molecule has 1 heterocycles. The Morgan fingerprint density at radius 1 is 1.24 bits per heavy atom. The second-order valence-electron chi connectivity index (χ2n) is 4.86. The summed E-state index contributed by atoms with van der Waals surface area (Å²) in [6.07, 6.45) is -4.63. The third kappa shape index (κ3) is 2.98. The quantitative estimate of drug-likeness (QED) is 0.489. The number of para-hydroxylation sites is 1. The Morgan fingerprint density at radius 3 is 2.33 bits per heavy atom. The molecule has 3 atom stereocenters. The van der Waals surface area contributed by atoms with Crippen LogP contribution in [0.2, 0.25) is 0 Å². The number of anilines is 1. The fourth-order valence-electron chi connectivity index (χ4n) is 2.71. The summed E-state index contributed by atoms with van der Waals surface area (Å²) in [7, 11) is 0. The standard InChI is InChI=1S/C13H13F3N2O3/c14-13(15,16)12-11(18(20)21)7-6-10(8-19)17(12)9-4-2-1-3-5-9/h1-5,8,10-12H,6-7H2. The van der Waals surface area contributed by atoms with E-state index in [2.05, 4.69) is 0 Å². The van der Waals surface area contributed by atoms with Crippen LogP contribution in [0, 0.1) is 10.1 Å². The van der Waals surface area contributed by atoms with Crippen LogP contribution < -0.4 is 4.90 Å². The topological polar surface area (TPSA) is 63.4 Å². The van der Waals surface area contributed by atoms with Crippen LogP contribution in [0.25, 0.3) is 0 Å². The van der Waals surface area contributed by atoms with E-state index < -0.39 is 29.2 Å². The highest BCUT2D eigenvalue weighted by atomic mass is 19.4. The van der Waals surface area contributed by atoms with Crippen LogP contribution in [0.4, 0.5) is 18.9 Å². The molecule has 21 heavy (non-hydrogen) atoms. The molecule has 1 aromatic rings. The van der Waals surface area contributed by atoms with Gasteiger partial charge in [-0.1, -0.05) is 18.2 Å². The lowest BCUT2D eigenvalue weighted by Gasteiger charge is -2.42. The highest BCUT2D eigenvalue weighted by Crippen LogP contribution is 2.38. The van der Waals surface area contributed by atoms with Gasteiger partial charge in [-0.15, -0.1) is 0 Å². The molecule has 1 fully saturated rings. The summed E-state index contributed by atoms with van der Waals surface area (Å²) in [5.74, 6) is 0. The summed E-state index contributed by atoms with van der Waals surface area (Å²) in [4.78, 5) is 22.0. The summed E-state index contributed by atoms with van der Waals surface area (Å²) in [6, 6.07) is 2.41. The SMILES string of the molecule is O=CC1CCC([N+](=O)[O-])C(C(F)(F)F)N1c1ccccc1. The van der Waals surface area contributed by atoms with Gasteiger partial charge in [-0.05, 0) is 18.6 Å². The van der Waals surface area contributed by atoms with Crippen LogP contribution in [0.3, 0.4) is 0 Å². The minimum atomic E-state index is -4.80. The number of piperidine rings is 1. The lowest BCUT2D eigenvalue weighted by Crippen LogP contribution is -2.62. The molecule has 114 valence electrons. The zero-order chi connectivity index (χ0) is 15.6. The van der Waals surface area contributed by atoms with Gasteiger partial charge in [0.15, 0.2) is 6.04 Å². The summed E-state index contributed by atoms with van der Waals surface area (Å²) in [5.41, 5.74) is 0.156. The zero-order valence-corrected chi connectivity index (χ0v) is 10.9. The number of halogens is 3. The average molecular weight is 302 g/mol. The number of aldehydes is 1. The second kappa shape index (κ2) is 5.71. The first kappa shape index (κ1) is 15.3. The molecule has 0 spiro atoms. The summed E-state index contributed by atoms with van der Waals surface area (Å²) < 4.78 is 40.0. The van der Waals surface area contributed by atoms with E-state index in [1.165, 1.54) is 24.3 Å². The van der Waals surface area contributed by atoms with E-state index >= 15 is 0 Å². The van der Waals surface area contributed by atoms with Crippen LogP contribution >= 0.6 is 0 Å². The second-order valence-corrected chi connectivity index (χ2v) is 4.86. The van der Waals surface area contributed by atoms with Crippen molar-refractivity contribution in [2.45, 2.75) is 37.1 Å². The third-order valence-electron chi connectivity index (χ3n) is 3.60. The Labute approximate surface area is 118 Å². The Bertz CT molecular complexity index is 521. The molecule has 2 rings (SSSR count). The fourth-order valence-corrected chi connectivity index (χ4v) is 2.71. The van der Waals surface area contributed by atoms with Crippen LogP contribution in [0.15, 0.2) is 30.3 Å². The molecule has 0 aliphatic carbocycles. The van der Waals surface area contributed by atoms with Crippen molar-refractivity contribution in [2.75, 3.05) is 4.90 Å². The average Bonchev–Trinajstić information content (AvgIpc) is 2.45. The minimum absolute atomic E-state index is 0.0244. The van der Waals surface area contributed by atoms with Crippen LogP contribution in [-0.4, -0.2) is 35.5 Å². The maximum atomic E-state index is 13.3. The number of nitro groups is 1. The Hall–Kier alpha value is -2.12. The highest BCUT2D eigenvalue weighted by molar-refractivity contribution is 5.67. The largest absolute Gasteiger partial charge is 0.415 e. The van der Waals surface area contributed by atoms with Crippen molar-refractivity contribution in [3.8, 4) is 0 Å². The molecule has 5 nitrogen and oxygen atoms in total. The molecule has 0 saturated carbocycles. The molecular formula is C13H13F3N2O3. The van der Waals surface area contributed by atoms with E-state index in [9.17, 15) is 28.1 Å². The van der Waals surface area contributed by atoms with Crippen LogP contribution in [-0.2, 0) is 4.79 Å². The van der Waals surface area contributed by atoms with Crippen molar-refractivity contribution in [3.63, 3.8) is 0 Å². The molecule has 0 aromatic heterocycles. The zero-order valence-electron chi connectivity index (χ0n) is 10.9. The number of benzene rings is 1. The highest BCUT2D eigenvalue weighted by Gasteiger charge is 2.57. The Morgan fingerprint density at radius 2 is 1.86 bits per heavy atom. The first-order valence-corrected chi connectivity index (χ1v) is 6.35. The van der Waals surface area contributed by atoms with Gasteiger partial charge in [0.1, 0.15) is 6.29 Å². The molecule has 0 N–H and O–H groups in total. The van der Waals surface area contributed by atoms with E-state index in [4.69, 9.17) is 0 Å². The van der Waals surface area contributed by atoms with Crippen molar-refractivity contribution in [2.24, 2.45) is 0 Å². The Balaban J connectivity index is 2.51. The van der Waals surface area contributed by atoms with Gasteiger partial charge in [0.2, 0.25) is 6.04 Å². The Kier molecular flexibility index (Phi) is 4.15. The molecule has 0 radical (unpaired) electrons. The van der Waals surface area contributed by atoms with E-state index in [1.54, 1.807) is 6.07 Å². The monoisotopic (exact) mass is 302 g/mol. The molecular weight excluding hydrogens is 289 g/mol. The lowest BCUT2D eigenvalue weighted by atomic mass is 9.90. The minimum Gasteiger partial charge on any atom is -0.344 e. The van der Waals surface area contributed by atoms with Crippen LogP contribution in [0.1, 0.15) is 12.8 Å². The van der Waals surface area contributed by atoms with E-state index in [0.29, 0.717) is 6.29 Å². The molecule has 8 heteroatoms. The number of rotatable bonds is 3. The van der Waals surface area contributed by atoms with Gasteiger partial charge in [-0.3, -0.25) is 10.1 Å². The summed E-state index contributed by atoms with van der Waals surface area (Å²) in [6.45, 7) is 0. The molecule has 1 saturated heterocycles. The van der Waals surface area contributed by atoms with Gasteiger partial charge in [-0.2, -0.15) is 13.2 Å². The van der Waals surface area contributed by atoms with Gasteiger partial charge in [0.25, 0.3) is 0 Å². The van der Waals surface area contributed by atoms with E-state index in [-0.39, 0.29) is 18.5 Å². The van der Waals surface area contributed by atoms with Gasteiger partial charge < -0.3 is 9.69 Å². The lowest BCUT2D eigenvalue weighted by molar-refractivity contribution is -0.536. The summed E-state index contributed by atoms with van der Waals surface area (Å²) in [5, 5.41) is 11.0. The van der Waals surface area contributed by atoms with Gasteiger partial charge in [0, 0.05) is 17.0 Å². The third-order valence-corrected chi connectivity index (χ3v) is 3.60. The van der Waals surface area contributed by atoms with Gasteiger partial charge >= 0.3 is 6.18 Å². The molecule has 0 bridgehead atoms. The number of nitrogens with zero attached hydrogens (tertiary/aromatic N) is 2. The van der Waals surface area contributed by atoms with Gasteiger partial charge in [-0.25, -0.2) is 0 Å². The number of carbonyl (C=O) groups excluding carboxylic acids is 1.